The van der Waals surface area contributed by atoms with Crippen LogP contribution in [0, 0.1) is 11.8 Å². The summed E-state index contributed by atoms with van der Waals surface area (Å²) in [5, 5.41) is 3.52. The van der Waals surface area contributed by atoms with Gasteiger partial charge in [0.1, 0.15) is 5.75 Å². The number of benzene rings is 1. The van der Waals surface area contributed by atoms with Crippen LogP contribution in [0.2, 0.25) is 0 Å². The van der Waals surface area contributed by atoms with Gasteiger partial charge in [0, 0.05) is 18.7 Å². The first kappa shape index (κ1) is 17.0. The molecule has 0 spiro atoms. The van der Waals surface area contributed by atoms with E-state index in [0.29, 0.717) is 17.8 Å². The first-order valence-corrected chi connectivity index (χ1v) is 9.06. The van der Waals surface area contributed by atoms with Crippen molar-refractivity contribution in [2.75, 3.05) is 19.7 Å². The second kappa shape index (κ2) is 8.29. The first-order chi connectivity index (χ1) is 11.7. The second-order valence-corrected chi connectivity index (χ2v) is 7.13. The maximum Gasteiger partial charge on any atom is 0.140 e. The van der Waals surface area contributed by atoms with Gasteiger partial charge < -0.3 is 10.1 Å². The lowest BCUT2D eigenvalue weighted by molar-refractivity contribution is 0.194. The first-order valence-electron chi connectivity index (χ1n) is 9.06. The van der Waals surface area contributed by atoms with Crippen LogP contribution in [0.15, 0.2) is 48.7 Å². The van der Waals surface area contributed by atoms with Crippen molar-refractivity contribution in [1.29, 1.82) is 0 Å². The highest BCUT2D eigenvalue weighted by Gasteiger charge is 2.27. The van der Waals surface area contributed by atoms with Crippen molar-refractivity contribution in [1.82, 2.24) is 10.3 Å². The molecular weight excluding hydrogens is 296 g/mol. The summed E-state index contributed by atoms with van der Waals surface area (Å²) in [5.41, 5.74) is 2.51. The second-order valence-electron chi connectivity index (χ2n) is 7.13. The van der Waals surface area contributed by atoms with Gasteiger partial charge in [-0.1, -0.05) is 44.2 Å². The van der Waals surface area contributed by atoms with Crippen molar-refractivity contribution in [3.05, 3.63) is 59.9 Å². The standard InChI is InChI=1S/C21H28N2O/c1-16(2)13-20-21(9-6-11-23-20)24-15-18-14-22-12-10-19(18)17-7-4-3-5-8-17/h3-9,11,16,18-19,22H,10,12-15H2,1-2H3/t18-,19-/m1/s1. The van der Waals surface area contributed by atoms with Gasteiger partial charge in [0.25, 0.3) is 0 Å². The highest BCUT2D eigenvalue weighted by Crippen LogP contribution is 2.31. The Morgan fingerprint density at radius 3 is 2.79 bits per heavy atom. The van der Waals surface area contributed by atoms with Crippen molar-refractivity contribution >= 4 is 0 Å². The quantitative estimate of drug-likeness (QED) is 0.870. The van der Waals surface area contributed by atoms with Crippen LogP contribution >= 0.6 is 0 Å². The molecule has 0 amide bonds. The topological polar surface area (TPSA) is 34.1 Å². The van der Waals surface area contributed by atoms with Gasteiger partial charge in [0.15, 0.2) is 0 Å². The fourth-order valence-corrected chi connectivity index (χ4v) is 3.53. The van der Waals surface area contributed by atoms with E-state index in [1.807, 2.05) is 12.3 Å². The fraction of sp³-hybridized carbons (Fsp3) is 0.476. The molecule has 2 heterocycles. The molecule has 1 aliphatic heterocycles. The average molecular weight is 324 g/mol. The summed E-state index contributed by atoms with van der Waals surface area (Å²) in [6, 6.07) is 14.9. The van der Waals surface area contributed by atoms with E-state index in [9.17, 15) is 0 Å². The Kier molecular flexibility index (Phi) is 5.86. The molecule has 0 aliphatic carbocycles. The third kappa shape index (κ3) is 4.35. The van der Waals surface area contributed by atoms with Gasteiger partial charge in [-0.2, -0.15) is 0 Å². The molecule has 1 aliphatic rings. The summed E-state index contributed by atoms with van der Waals surface area (Å²) in [7, 11) is 0. The highest BCUT2D eigenvalue weighted by atomic mass is 16.5. The SMILES string of the molecule is CC(C)Cc1ncccc1OC[C@H]1CNCC[C@@H]1c1ccccc1. The zero-order valence-corrected chi connectivity index (χ0v) is 14.7. The Bertz CT molecular complexity index is 627. The third-order valence-electron chi connectivity index (χ3n) is 4.74. The Hall–Kier alpha value is -1.87. The lowest BCUT2D eigenvalue weighted by Crippen LogP contribution is -2.38. The van der Waals surface area contributed by atoms with Gasteiger partial charge in [0.05, 0.1) is 12.3 Å². The molecule has 128 valence electrons. The number of nitrogens with zero attached hydrogens (tertiary/aromatic N) is 1. The maximum atomic E-state index is 6.23. The van der Waals surface area contributed by atoms with Gasteiger partial charge in [-0.3, -0.25) is 4.98 Å². The molecule has 2 aromatic rings. The Morgan fingerprint density at radius 1 is 1.17 bits per heavy atom. The smallest absolute Gasteiger partial charge is 0.140 e. The summed E-state index contributed by atoms with van der Waals surface area (Å²) >= 11 is 0. The molecule has 0 unspecified atom stereocenters. The minimum Gasteiger partial charge on any atom is -0.491 e. The van der Waals surface area contributed by atoms with E-state index in [1.165, 1.54) is 12.0 Å². The summed E-state index contributed by atoms with van der Waals surface area (Å²) in [4.78, 5) is 4.52. The third-order valence-corrected chi connectivity index (χ3v) is 4.74. The predicted octanol–water partition coefficient (Wildman–Crippen LogP) is 4.05. The largest absolute Gasteiger partial charge is 0.491 e. The van der Waals surface area contributed by atoms with Crippen molar-refractivity contribution in [3.8, 4) is 5.75 Å². The summed E-state index contributed by atoms with van der Waals surface area (Å²) < 4.78 is 6.23. The number of piperidine rings is 1. The monoisotopic (exact) mass is 324 g/mol. The number of pyridine rings is 1. The highest BCUT2D eigenvalue weighted by molar-refractivity contribution is 5.27. The van der Waals surface area contributed by atoms with E-state index in [4.69, 9.17) is 4.74 Å². The number of nitrogens with one attached hydrogen (secondary N) is 1. The molecule has 1 fully saturated rings. The van der Waals surface area contributed by atoms with Crippen LogP contribution < -0.4 is 10.1 Å². The molecule has 0 saturated carbocycles. The van der Waals surface area contributed by atoms with E-state index < -0.39 is 0 Å². The van der Waals surface area contributed by atoms with Crippen molar-refractivity contribution in [3.63, 3.8) is 0 Å². The molecule has 3 heteroatoms. The Labute approximate surface area is 145 Å². The zero-order valence-electron chi connectivity index (χ0n) is 14.7. The molecule has 3 rings (SSSR count). The lowest BCUT2D eigenvalue weighted by atomic mass is 9.81. The van der Waals surface area contributed by atoms with Crippen LogP contribution in [0.3, 0.4) is 0 Å². The molecule has 0 radical (unpaired) electrons. The normalized spacial score (nSPS) is 21.0. The molecular formula is C21H28N2O. The van der Waals surface area contributed by atoms with Gasteiger partial charge in [0.2, 0.25) is 0 Å². The molecule has 0 bridgehead atoms. The zero-order chi connectivity index (χ0) is 16.8. The van der Waals surface area contributed by atoms with Gasteiger partial charge in [-0.25, -0.2) is 0 Å². The number of hydrogen-bond donors (Lipinski definition) is 1. The molecule has 1 saturated heterocycles. The summed E-state index contributed by atoms with van der Waals surface area (Å²) in [5.74, 6) is 2.59. The van der Waals surface area contributed by atoms with E-state index in [-0.39, 0.29) is 0 Å². The van der Waals surface area contributed by atoms with E-state index in [0.717, 1.165) is 37.6 Å². The molecule has 1 aromatic carbocycles. The van der Waals surface area contributed by atoms with Crippen molar-refractivity contribution in [2.24, 2.45) is 11.8 Å². The van der Waals surface area contributed by atoms with Crippen molar-refractivity contribution in [2.45, 2.75) is 32.6 Å². The Balaban J connectivity index is 1.69. The van der Waals surface area contributed by atoms with Gasteiger partial charge >= 0.3 is 0 Å². The number of ether oxygens (including phenoxy) is 1. The van der Waals surface area contributed by atoms with E-state index in [2.05, 4.69) is 60.5 Å². The molecule has 1 N–H and O–H groups in total. The minimum absolute atomic E-state index is 0.494. The molecule has 24 heavy (non-hydrogen) atoms. The number of aromatic nitrogens is 1. The van der Waals surface area contributed by atoms with Crippen molar-refractivity contribution < 1.29 is 4.74 Å². The summed E-state index contributed by atoms with van der Waals surface area (Å²) in [6.45, 7) is 7.27. The molecule has 1 aromatic heterocycles. The number of rotatable bonds is 6. The van der Waals surface area contributed by atoms with Gasteiger partial charge in [-0.15, -0.1) is 0 Å². The predicted molar refractivity (Wildman–Crippen MR) is 98.4 cm³/mol. The molecule has 2 atom stereocenters. The number of hydrogen-bond acceptors (Lipinski definition) is 3. The van der Waals surface area contributed by atoms with Crippen LogP contribution in [-0.4, -0.2) is 24.7 Å². The van der Waals surface area contributed by atoms with E-state index in [1.54, 1.807) is 0 Å². The van der Waals surface area contributed by atoms with Crippen LogP contribution in [0.5, 0.6) is 5.75 Å². The summed E-state index contributed by atoms with van der Waals surface area (Å²) in [6.07, 6.45) is 3.99. The van der Waals surface area contributed by atoms with Crippen LogP contribution in [0.4, 0.5) is 0 Å². The fourth-order valence-electron chi connectivity index (χ4n) is 3.53. The van der Waals surface area contributed by atoms with E-state index >= 15 is 0 Å². The van der Waals surface area contributed by atoms with Crippen LogP contribution in [0.1, 0.15) is 37.4 Å². The average Bonchev–Trinajstić information content (AvgIpc) is 2.61. The van der Waals surface area contributed by atoms with Crippen LogP contribution in [0.25, 0.3) is 0 Å². The maximum absolute atomic E-state index is 6.23. The Morgan fingerprint density at radius 2 is 2.00 bits per heavy atom. The minimum atomic E-state index is 0.494. The lowest BCUT2D eigenvalue weighted by Gasteiger charge is -2.32. The van der Waals surface area contributed by atoms with Gasteiger partial charge in [-0.05, 0) is 48.9 Å². The molecule has 3 nitrogen and oxygen atoms in total. The van der Waals surface area contributed by atoms with Crippen LogP contribution in [-0.2, 0) is 6.42 Å².